The first-order chi connectivity index (χ1) is 30.5. The summed E-state index contributed by atoms with van der Waals surface area (Å²) in [6.45, 7) is 11.8. The van der Waals surface area contributed by atoms with Gasteiger partial charge in [-0.2, -0.15) is 0 Å². The molecule has 0 bridgehead atoms. The molecule has 2 aromatic rings. The van der Waals surface area contributed by atoms with Gasteiger partial charge in [0.05, 0.1) is 23.2 Å². The number of aliphatic hydroxyl groups is 2. The lowest BCUT2D eigenvalue weighted by Gasteiger charge is -2.65. The zero-order chi connectivity index (χ0) is 46.8. The number of Topliss-reactive ketones (excluding diaryl/α,β-unsaturated/α-hetero) is 1. The third-order valence-corrected chi connectivity index (χ3v) is 17.2. The lowest BCUT2D eigenvalue weighted by molar-refractivity contribution is -0.272. The van der Waals surface area contributed by atoms with E-state index in [4.69, 9.17) is 28.4 Å². The molecule has 6 fully saturated rings. The molecule has 2 N–H and O–H groups in total. The maximum absolute atomic E-state index is 15.6. The lowest BCUT2D eigenvalue weighted by Crippen LogP contribution is -2.75. The lowest BCUT2D eigenvalue weighted by atomic mass is 9.41. The number of benzene rings is 2. The van der Waals surface area contributed by atoms with Gasteiger partial charge in [0.15, 0.2) is 29.1 Å². The van der Waals surface area contributed by atoms with Crippen molar-refractivity contribution in [3.05, 3.63) is 82.1 Å². The van der Waals surface area contributed by atoms with Crippen molar-refractivity contribution in [1.29, 1.82) is 0 Å². The van der Waals surface area contributed by atoms with Gasteiger partial charge in [-0.15, -0.1) is 0 Å². The predicted octanol–water partition coefficient (Wildman–Crippen LogP) is 3.48. The van der Waals surface area contributed by atoms with Crippen molar-refractivity contribution in [2.75, 3.05) is 0 Å². The van der Waals surface area contributed by atoms with E-state index in [2.05, 4.69) is 0 Å². The van der Waals surface area contributed by atoms with Crippen molar-refractivity contribution in [2.24, 2.45) is 57.7 Å². The number of allylic oxidation sites excluding steroid dienone is 1. The zero-order valence-electron chi connectivity index (χ0n) is 37.0. The van der Waals surface area contributed by atoms with Crippen LogP contribution >= 0.6 is 0 Å². The molecule has 4 saturated carbocycles. The van der Waals surface area contributed by atoms with Crippen LogP contribution in [-0.4, -0.2) is 106 Å². The molecule has 16 nitrogen and oxygen atoms in total. The van der Waals surface area contributed by atoms with E-state index >= 15 is 4.79 Å². The molecule has 8 aliphatic rings. The third kappa shape index (κ3) is 5.53. The van der Waals surface area contributed by atoms with Gasteiger partial charge in [0, 0.05) is 83.4 Å². The summed E-state index contributed by atoms with van der Waals surface area (Å²) in [7, 11) is 0. The second-order valence-corrected chi connectivity index (χ2v) is 20.2. The molecule has 2 saturated heterocycles. The van der Waals surface area contributed by atoms with E-state index in [1.54, 1.807) is 45.0 Å². The van der Waals surface area contributed by atoms with E-state index in [0.717, 1.165) is 0 Å². The molecule has 0 aromatic heterocycles. The van der Waals surface area contributed by atoms with Crippen LogP contribution in [0.1, 0.15) is 104 Å². The first-order valence-electron chi connectivity index (χ1n) is 22.1. The smallest absolute Gasteiger partial charge is 0.343 e. The fourth-order valence-electron chi connectivity index (χ4n) is 14.5. The summed E-state index contributed by atoms with van der Waals surface area (Å²) in [6, 6.07) is 10.3. The highest BCUT2D eigenvalue weighted by Crippen LogP contribution is 2.75. The largest absolute Gasteiger partial charge is 0.459 e. The normalized spacial score (nSPS) is 43.6. The Kier molecular flexibility index (Phi) is 9.31. The number of epoxide rings is 1. The van der Waals surface area contributed by atoms with Crippen LogP contribution in [0.2, 0.25) is 0 Å². The molecule has 2 aromatic carbocycles. The molecule has 6 aliphatic carbocycles. The Hall–Kier alpha value is -5.58. The van der Waals surface area contributed by atoms with Crippen LogP contribution in [0.25, 0.3) is 0 Å². The maximum Gasteiger partial charge on any atom is 0.343 e. The summed E-state index contributed by atoms with van der Waals surface area (Å²) in [5.74, 6) is -12.7. The zero-order valence-corrected chi connectivity index (χ0v) is 37.0. The van der Waals surface area contributed by atoms with Crippen molar-refractivity contribution >= 4 is 47.2 Å². The summed E-state index contributed by atoms with van der Waals surface area (Å²) in [4.78, 5) is 111. The van der Waals surface area contributed by atoms with E-state index in [0.29, 0.717) is 0 Å². The minimum atomic E-state index is -2.18. The Morgan fingerprint density at radius 1 is 0.723 bits per heavy atom. The van der Waals surface area contributed by atoms with Gasteiger partial charge in [-0.05, 0) is 56.4 Å². The van der Waals surface area contributed by atoms with E-state index in [1.807, 2.05) is 6.92 Å². The van der Waals surface area contributed by atoms with Gasteiger partial charge in [-0.3, -0.25) is 28.8 Å². The van der Waals surface area contributed by atoms with Crippen LogP contribution in [0.5, 0.6) is 0 Å². The number of carbonyl (C=O) groups excluding carboxylic acids is 8. The molecule has 0 amide bonds. The highest BCUT2D eigenvalue weighted by Gasteiger charge is 2.83. The highest BCUT2D eigenvalue weighted by molar-refractivity contribution is 6.28. The van der Waals surface area contributed by atoms with Crippen molar-refractivity contribution < 1.29 is 77.0 Å². The average Bonchev–Trinajstić information content (AvgIpc) is 3.94. The highest BCUT2D eigenvalue weighted by atomic mass is 16.6. The Labute approximate surface area is 373 Å². The van der Waals surface area contributed by atoms with Gasteiger partial charge in [0.2, 0.25) is 0 Å². The minimum Gasteiger partial charge on any atom is -0.459 e. The van der Waals surface area contributed by atoms with Gasteiger partial charge < -0.3 is 38.6 Å². The van der Waals surface area contributed by atoms with Crippen LogP contribution in [0.3, 0.4) is 0 Å². The number of aliphatic hydroxyl groups excluding tert-OH is 1. The molecule has 16 heteroatoms. The second kappa shape index (κ2) is 14.0. The van der Waals surface area contributed by atoms with Crippen LogP contribution in [-0.2, 0) is 52.4 Å². The maximum atomic E-state index is 15.6. The number of hydrogen-bond donors (Lipinski definition) is 2. The van der Waals surface area contributed by atoms with Gasteiger partial charge in [0.25, 0.3) is 0 Å². The number of carbonyl (C=O) groups is 8. The Morgan fingerprint density at radius 2 is 1.32 bits per heavy atom. The fourth-order valence-corrected chi connectivity index (χ4v) is 14.5. The van der Waals surface area contributed by atoms with E-state index < -0.39 is 153 Å². The Balaban J connectivity index is 1.18. The standard InChI is InChI=1S/C49H50O16/c1-18-15-29-48(7,49(8,59)45(58)64-29)34-31(18)47(6)32(38(34)56)30-33(41(60-19(2)50)43(47)62-21(4)52)46(5)27(17-28-39(63-28)42(46)61-20(3)51)37(55)40(30)65-44(57)22-13-14-25-26(16-22)36(54)24-12-10-9-11-23(24)35(25)53/h9-16,18,27-28,30-34,38-43,56,59H,17H2,1-8H3/t18-,27-,28+,30+,31+,32-,33-,34+,38-,39+,40-,41+,42+,43+,46+,47-,48+,49-/m1/s1. The number of ketones is 3. The number of esters is 5. The number of fused-ring (bicyclic) bond motifs is 12. The minimum absolute atomic E-state index is 0.0393. The monoisotopic (exact) mass is 894 g/mol. The van der Waals surface area contributed by atoms with Crippen molar-refractivity contribution in [3.8, 4) is 0 Å². The van der Waals surface area contributed by atoms with Crippen molar-refractivity contribution in [2.45, 2.75) is 110 Å². The van der Waals surface area contributed by atoms with Crippen LogP contribution in [0.15, 0.2) is 54.3 Å². The molecule has 0 radical (unpaired) electrons. The van der Waals surface area contributed by atoms with Crippen molar-refractivity contribution in [1.82, 2.24) is 0 Å². The van der Waals surface area contributed by atoms with E-state index in [-0.39, 0.29) is 40.0 Å². The van der Waals surface area contributed by atoms with Crippen molar-refractivity contribution in [3.63, 3.8) is 0 Å². The van der Waals surface area contributed by atoms with Crippen LogP contribution < -0.4 is 0 Å². The third-order valence-electron chi connectivity index (χ3n) is 17.2. The summed E-state index contributed by atoms with van der Waals surface area (Å²) >= 11 is 0. The summed E-state index contributed by atoms with van der Waals surface area (Å²) in [5.41, 5.74) is -6.47. The number of hydrogen-bond acceptors (Lipinski definition) is 16. The average molecular weight is 895 g/mol. The molecule has 65 heavy (non-hydrogen) atoms. The number of ether oxygens (including phenoxy) is 6. The molecule has 18 atom stereocenters. The van der Waals surface area contributed by atoms with Gasteiger partial charge in [-0.1, -0.05) is 45.0 Å². The molecule has 2 heterocycles. The van der Waals surface area contributed by atoms with Crippen LogP contribution in [0.4, 0.5) is 0 Å². The molecular weight excluding hydrogens is 845 g/mol. The van der Waals surface area contributed by atoms with Gasteiger partial charge in [-0.25, -0.2) is 9.59 Å². The molecule has 10 rings (SSSR count). The predicted molar refractivity (Wildman–Crippen MR) is 219 cm³/mol. The molecule has 0 spiro atoms. The molecule has 0 unspecified atom stereocenters. The van der Waals surface area contributed by atoms with E-state index in [9.17, 15) is 43.8 Å². The molecule has 342 valence electrons. The van der Waals surface area contributed by atoms with E-state index in [1.165, 1.54) is 52.0 Å². The van der Waals surface area contributed by atoms with Gasteiger partial charge in [0.1, 0.15) is 30.2 Å². The molecular formula is C49H50O16. The van der Waals surface area contributed by atoms with Crippen LogP contribution in [0, 0.1) is 57.7 Å². The Morgan fingerprint density at radius 3 is 1.95 bits per heavy atom. The van der Waals surface area contributed by atoms with Gasteiger partial charge >= 0.3 is 29.8 Å². The Bertz CT molecular complexity index is 2590. The summed E-state index contributed by atoms with van der Waals surface area (Å²) < 4.78 is 36.9. The first-order valence-corrected chi connectivity index (χ1v) is 22.1. The first kappa shape index (κ1) is 43.3. The molecule has 2 aliphatic heterocycles. The SMILES string of the molecule is CC(=O)O[C@H]1[C@H]2[C@H]([C@@H]3[C@@H](O)[C@@H]4[C@H]([C@H](C)C=C5OC(=O)[C@@](C)(O)[C@@]54C)[C@@]3(C)[C@H]1OC(C)=O)[C@@H](OC(=O)c1ccc3c(c1)C(=O)c1ccccc1C3=O)C(=O)[C@H]1C[C@@H]3O[C@@H]3[C@H](OC(C)=O)[C@]21C. The number of rotatable bonds is 5. The summed E-state index contributed by atoms with van der Waals surface area (Å²) in [5, 5.41) is 25.3. The summed E-state index contributed by atoms with van der Waals surface area (Å²) in [6.07, 6.45) is -6.61. The second-order valence-electron chi connectivity index (χ2n) is 20.2. The fraction of sp³-hybridized carbons (Fsp3) is 0.551. The topological polar surface area (TPSA) is 236 Å². The quantitative estimate of drug-likeness (QED) is 0.212.